The average molecular weight is 197 g/mol. The van der Waals surface area contributed by atoms with Crippen molar-refractivity contribution in [2.45, 2.75) is 40.5 Å². The van der Waals surface area contributed by atoms with Crippen LogP contribution >= 0.6 is 0 Å². The largest absolute Gasteiger partial charge is 0.296 e. The molecule has 2 amide bonds. The average Bonchev–Trinajstić information content (AvgIpc) is 2.01. The second-order valence-corrected chi connectivity index (χ2v) is 4.87. The van der Waals surface area contributed by atoms with Gasteiger partial charge in [0.15, 0.2) is 0 Å². The highest BCUT2D eigenvalue weighted by Gasteiger charge is 2.44. The van der Waals surface area contributed by atoms with Gasteiger partial charge >= 0.3 is 0 Å². The Hall–Kier alpha value is -0.860. The molecule has 0 atom stereocenters. The maximum atomic E-state index is 11.4. The normalized spacial score (nSPS) is 21.6. The van der Waals surface area contributed by atoms with Crippen molar-refractivity contribution in [3.63, 3.8) is 0 Å². The van der Waals surface area contributed by atoms with E-state index in [0.717, 1.165) is 0 Å². The summed E-state index contributed by atoms with van der Waals surface area (Å²) < 4.78 is 0. The molecular weight excluding hydrogens is 178 g/mol. The van der Waals surface area contributed by atoms with Crippen molar-refractivity contribution in [2.24, 2.45) is 17.3 Å². The lowest BCUT2D eigenvalue weighted by atomic mass is 9.63. The predicted octanol–water partition coefficient (Wildman–Crippen LogP) is 1.72. The summed E-state index contributed by atoms with van der Waals surface area (Å²) in [6.45, 7) is 8.36. The van der Waals surface area contributed by atoms with E-state index in [0.29, 0.717) is 24.7 Å². The monoisotopic (exact) mass is 197 g/mol. The maximum Gasteiger partial charge on any atom is 0.227 e. The molecule has 0 aromatic carbocycles. The molecule has 1 fully saturated rings. The summed E-state index contributed by atoms with van der Waals surface area (Å²) in [6.07, 6.45) is 0.960. The summed E-state index contributed by atoms with van der Waals surface area (Å²) in [4.78, 5) is 22.7. The number of hydrogen-bond donors (Lipinski definition) is 1. The van der Waals surface area contributed by atoms with Crippen molar-refractivity contribution in [1.29, 1.82) is 0 Å². The van der Waals surface area contributed by atoms with Gasteiger partial charge in [0.05, 0.1) is 0 Å². The van der Waals surface area contributed by atoms with Crippen LogP contribution in [0.3, 0.4) is 0 Å². The van der Waals surface area contributed by atoms with Gasteiger partial charge in [-0.3, -0.25) is 14.9 Å². The van der Waals surface area contributed by atoms with Gasteiger partial charge in [-0.1, -0.05) is 27.7 Å². The molecule has 0 bridgehead atoms. The van der Waals surface area contributed by atoms with Crippen LogP contribution in [0.4, 0.5) is 0 Å². The first-order valence-corrected chi connectivity index (χ1v) is 5.21. The van der Waals surface area contributed by atoms with Crippen LogP contribution in [-0.4, -0.2) is 11.8 Å². The fraction of sp³-hybridized carbons (Fsp3) is 0.818. The van der Waals surface area contributed by atoms with E-state index >= 15 is 0 Å². The second kappa shape index (κ2) is 3.71. The first-order valence-electron chi connectivity index (χ1n) is 5.21. The van der Waals surface area contributed by atoms with E-state index in [4.69, 9.17) is 0 Å². The quantitative estimate of drug-likeness (QED) is 0.685. The van der Waals surface area contributed by atoms with Gasteiger partial charge in [0.25, 0.3) is 0 Å². The molecule has 1 saturated heterocycles. The lowest BCUT2D eigenvalue weighted by molar-refractivity contribution is -0.141. The van der Waals surface area contributed by atoms with Gasteiger partial charge in [-0.25, -0.2) is 0 Å². The van der Waals surface area contributed by atoms with Gasteiger partial charge in [0, 0.05) is 12.8 Å². The van der Waals surface area contributed by atoms with Crippen molar-refractivity contribution in [3.8, 4) is 0 Å². The number of rotatable bonds is 2. The fourth-order valence-electron chi connectivity index (χ4n) is 2.39. The Bertz CT molecular complexity index is 230. The number of imide groups is 1. The van der Waals surface area contributed by atoms with E-state index in [2.05, 4.69) is 33.0 Å². The minimum absolute atomic E-state index is 0.122. The van der Waals surface area contributed by atoms with Gasteiger partial charge in [-0.15, -0.1) is 0 Å². The summed E-state index contributed by atoms with van der Waals surface area (Å²) in [5, 5.41) is 2.37. The fourth-order valence-corrected chi connectivity index (χ4v) is 2.39. The summed E-state index contributed by atoms with van der Waals surface area (Å²) in [6, 6.07) is 0. The molecule has 1 heterocycles. The zero-order chi connectivity index (χ0) is 10.9. The molecule has 0 aromatic rings. The Morgan fingerprint density at radius 2 is 1.36 bits per heavy atom. The molecule has 1 aliphatic heterocycles. The number of nitrogens with one attached hydrogen (secondary N) is 1. The predicted molar refractivity (Wildman–Crippen MR) is 54.5 cm³/mol. The van der Waals surface area contributed by atoms with Crippen molar-refractivity contribution in [1.82, 2.24) is 5.32 Å². The number of amides is 2. The number of hydrogen-bond acceptors (Lipinski definition) is 2. The van der Waals surface area contributed by atoms with Gasteiger partial charge in [0.2, 0.25) is 11.8 Å². The molecule has 80 valence electrons. The topological polar surface area (TPSA) is 46.2 Å². The second-order valence-electron chi connectivity index (χ2n) is 4.87. The lowest BCUT2D eigenvalue weighted by Crippen LogP contribution is -2.49. The maximum absolute atomic E-state index is 11.4. The highest BCUT2D eigenvalue weighted by molar-refractivity contribution is 5.98. The van der Waals surface area contributed by atoms with Crippen molar-refractivity contribution in [3.05, 3.63) is 0 Å². The molecule has 1 aliphatic rings. The third-order valence-corrected chi connectivity index (χ3v) is 3.56. The van der Waals surface area contributed by atoms with Crippen LogP contribution in [0.15, 0.2) is 0 Å². The van der Waals surface area contributed by atoms with E-state index in [9.17, 15) is 9.59 Å². The molecule has 0 spiro atoms. The Kier molecular flexibility index (Phi) is 2.98. The van der Waals surface area contributed by atoms with E-state index < -0.39 is 0 Å². The molecule has 14 heavy (non-hydrogen) atoms. The third-order valence-electron chi connectivity index (χ3n) is 3.56. The Labute approximate surface area is 85.3 Å². The van der Waals surface area contributed by atoms with E-state index in [1.807, 2.05) is 0 Å². The molecule has 0 saturated carbocycles. The Balaban J connectivity index is 2.97. The molecule has 0 unspecified atom stereocenters. The van der Waals surface area contributed by atoms with Crippen molar-refractivity contribution in [2.75, 3.05) is 0 Å². The van der Waals surface area contributed by atoms with Crippen LogP contribution in [0.5, 0.6) is 0 Å². The van der Waals surface area contributed by atoms with E-state index in [-0.39, 0.29) is 17.2 Å². The minimum Gasteiger partial charge on any atom is -0.296 e. The van der Waals surface area contributed by atoms with Gasteiger partial charge in [0.1, 0.15) is 0 Å². The summed E-state index contributed by atoms with van der Waals surface area (Å²) in [7, 11) is 0. The highest BCUT2D eigenvalue weighted by atomic mass is 16.2. The minimum atomic E-state index is -0.139. The number of carbonyl (C=O) groups excluding carboxylic acids is 2. The third kappa shape index (κ3) is 1.81. The standard InChI is InChI=1S/C11H19NO2/c1-7(2)11(8(3)4)5-9(13)12-10(14)6-11/h7-8H,5-6H2,1-4H3,(H,12,13,14). The molecule has 0 radical (unpaired) electrons. The van der Waals surface area contributed by atoms with E-state index in [1.54, 1.807) is 0 Å². The smallest absolute Gasteiger partial charge is 0.227 e. The van der Waals surface area contributed by atoms with Gasteiger partial charge in [-0.2, -0.15) is 0 Å². The Morgan fingerprint density at radius 3 is 1.64 bits per heavy atom. The van der Waals surface area contributed by atoms with Gasteiger partial charge in [-0.05, 0) is 17.3 Å². The zero-order valence-electron chi connectivity index (χ0n) is 9.39. The van der Waals surface area contributed by atoms with Crippen LogP contribution in [0.1, 0.15) is 40.5 Å². The summed E-state index contributed by atoms with van der Waals surface area (Å²) in [5.74, 6) is 0.474. The van der Waals surface area contributed by atoms with Crippen LogP contribution in [0, 0.1) is 17.3 Å². The molecule has 1 rings (SSSR count). The van der Waals surface area contributed by atoms with Crippen molar-refractivity contribution >= 4 is 11.8 Å². The van der Waals surface area contributed by atoms with E-state index in [1.165, 1.54) is 0 Å². The highest BCUT2D eigenvalue weighted by Crippen LogP contribution is 2.44. The van der Waals surface area contributed by atoms with Crippen molar-refractivity contribution < 1.29 is 9.59 Å². The number of piperidine rings is 1. The zero-order valence-corrected chi connectivity index (χ0v) is 9.39. The van der Waals surface area contributed by atoms with Crippen LogP contribution in [0.2, 0.25) is 0 Å². The number of carbonyl (C=O) groups is 2. The molecular formula is C11H19NO2. The molecule has 1 N–H and O–H groups in total. The summed E-state index contributed by atoms with van der Waals surface area (Å²) >= 11 is 0. The molecule has 0 aromatic heterocycles. The molecule has 0 aliphatic carbocycles. The SMILES string of the molecule is CC(C)C1(C(C)C)CC(=O)NC(=O)C1. The first-order chi connectivity index (χ1) is 6.38. The Morgan fingerprint density at radius 1 is 1.00 bits per heavy atom. The van der Waals surface area contributed by atoms with Crippen LogP contribution in [-0.2, 0) is 9.59 Å². The molecule has 3 nitrogen and oxygen atoms in total. The van der Waals surface area contributed by atoms with Crippen LogP contribution in [0.25, 0.3) is 0 Å². The summed E-state index contributed by atoms with van der Waals surface area (Å²) in [5.41, 5.74) is -0.139. The lowest BCUT2D eigenvalue weighted by Gasteiger charge is -2.42. The van der Waals surface area contributed by atoms with Gasteiger partial charge < -0.3 is 0 Å². The van der Waals surface area contributed by atoms with Crippen LogP contribution < -0.4 is 5.32 Å². The molecule has 3 heteroatoms. The first kappa shape index (κ1) is 11.2.